The lowest BCUT2D eigenvalue weighted by atomic mass is 10.2. The van der Waals surface area contributed by atoms with Gasteiger partial charge in [-0.05, 0) is 49.7 Å². The summed E-state index contributed by atoms with van der Waals surface area (Å²) in [4.78, 5) is 2.34. The molecule has 0 aromatic heterocycles. The maximum atomic E-state index is 5.97. The lowest BCUT2D eigenvalue weighted by molar-refractivity contribution is 0.865. The van der Waals surface area contributed by atoms with Crippen molar-refractivity contribution in [2.24, 2.45) is 0 Å². The summed E-state index contributed by atoms with van der Waals surface area (Å²) < 4.78 is 0. The van der Waals surface area contributed by atoms with Crippen molar-refractivity contribution in [3.8, 4) is 0 Å². The van der Waals surface area contributed by atoms with E-state index in [4.69, 9.17) is 11.6 Å². The van der Waals surface area contributed by atoms with Gasteiger partial charge in [-0.3, -0.25) is 0 Å². The predicted molar refractivity (Wildman–Crippen MR) is 88.8 cm³/mol. The van der Waals surface area contributed by atoms with Crippen LogP contribution in [0.2, 0.25) is 5.02 Å². The minimum atomic E-state index is 0.756. The van der Waals surface area contributed by atoms with E-state index in [-0.39, 0.29) is 0 Å². The average Bonchev–Trinajstić information content (AvgIpc) is 2.48. The van der Waals surface area contributed by atoms with E-state index in [1.165, 1.54) is 11.3 Å². The van der Waals surface area contributed by atoms with Crippen LogP contribution in [0.4, 0.5) is 11.4 Å². The molecule has 20 heavy (non-hydrogen) atoms. The van der Waals surface area contributed by atoms with Gasteiger partial charge < -0.3 is 10.2 Å². The summed E-state index contributed by atoms with van der Waals surface area (Å²) in [6, 6.07) is 16.5. The van der Waals surface area contributed by atoms with Crippen LogP contribution in [0.1, 0.15) is 19.4 Å². The molecule has 106 valence electrons. The third-order valence-corrected chi connectivity index (χ3v) is 3.62. The van der Waals surface area contributed by atoms with Crippen molar-refractivity contribution in [2.45, 2.75) is 20.4 Å². The molecule has 2 aromatic rings. The van der Waals surface area contributed by atoms with Crippen LogP contribution in [-0.4, -0.2) is 13.1 Å². The summed E-state index contributed by atoms with van der Waals surface area (Å²) in [7, 11) is 0. The van der Waals surface area contributed by atoms with Crippen LogP contribution in [0.25, 0.3) is 0 Å². The van der Waals surface area contributed by atoms with Gasteiger partial charge in [0.15, 0.2) is 0 Å². The fraction of sp³-hybridized carbons (Fsp3) is 0.294. The number of hydrogen-bond acceptors (Lipinski definition) is 2. The molecule has 0 saturated heterocycles. The molecular formula is C17H21ClN2. The van der Waals surface area contributed by atoms with E-state index in [0.717, 1.165) is 30.3 Å². The second-order valence-electron chi connectivity index (χ2n) is 4.70. The number of nitrogens with one attached hydrogen (secondary N) is 1. The molecule has 0 heterocycles. The molecule has 1 N–H and O–H groups in total. The molecule has 0 fully saturated rings. The Kier molecular flexibility index (Phi) is 5.31. The topological polar surface area (TPSA) is 15.3 Å². The molecule has 0 atom stereocenters. The van der Waals surface area contributed by atoms with Crippen molar-refractivity contribution in [1.82, 2.24) is 0 Å². The number of halogens is 1. The quantitative estimate of drug-likeness (QED) is 0.821. The first kappa shape index (κ1) is 14.7. The minimum absolute atomic E-state index is 0.756. The molecule has 0 saturated carbocycles. The van der Waals surface area contributed by atoms with Crippen LogP contribution >= 0.6 is 11.6 Å². The second-order valence-corrected chi connectivity index (χ2v) is 5.14. The Morgan fingerprint density at radius 3 is 2.30 bits per heavy atom. The zero-order valence-electron chi connectivity index (χ0n) is 12.1. The molecule has 0 spiro atoms. The van der Waals surface area contributed by atoms with Gasteiger partial charge in [0, 0.05) is 36.0 Å². The third kappa shape index (κ3) is 3.91. The van der Waals surface area contributed by atoms with E-state index in [1.54, 1.807) is 0 Å². The molecule has 2 nitrogen and oxygen atoms in total. The lowest BCUT2D eigenvalue weighted by Crippen LogP contribution is -2.21. The first-order valence-electron chi connectivity index (χ1n) is 7.06. The van der Waals surface area contributed by atoms with Gasteiger partial charge in [-0.2, -0.15) is 0 Å². The molecule has 2 aromatic carbocycles. The van der Waals surface area contributed by atoms with Gasteiger partial charge in [-0.25, -0.2) is 0 Å². The highest BCUT2D eigenvalue weighted by molar-refractivity contribution is 6.30. The maximum Gasteiger partial charge on any atom is 0.0426 e. The number of rotatable bonds is 6. The van der Waals surface area contributed by atoms with E-state index in [1.807, 2.05) is 24.3 Å². The third-order valence-electron chi connectivity index (χ3n) is 3.39. The molecule has 0 amide bonds. The molecule has 0 aliphatic heterocycles. The molecule has 0 bridgehead atoms. The average molecular weight is 289 g/mol. The van der Waals surface area contributed by atoms with E-state index in [9.17, 15) is 0 Å². The number of hydrogen-bond donors (Lipinski definition) is 1. The van der Waals surface area contributed by atoms with E-state index in [0.29, 0.717) is 0 Å². The summed E-state index contributed by atoms with van der Waals surface area (Å²) in [5, 5.41) is 4.14. The number of benzene rings is 2. The van der Waals surface area contributed by atoms with Gasteiger partial charge in [0.2, 0.25) is 0 Å². The summed E-state index contributed by atoms with van der Waals surface area (Å²) in [5.41, 5.74) is 3.59. The predicted octanol–water partition coefficient (Wildman–Crippen LogP) is 4.80. The highest BCUT2D eigenvalue weighted by Crippen LogP contribution is 2.18. The molecule has 0 aliphatic rings. The highest BCUT2D eigenvalue weighted by atomic mass is 35.5. The Bertz CT molecular complexity index is 533. The van der Waals surface area contributed by atoms with Crippen molar-refractivity contribution < 1.29 is 0 Å². The first-order chi connectivity index (χ1) is 9.72. The van der Waals surface area contributed by atoms with E-state index in [2.05, 4.69) is 48.3 Å². The van der Waals surface area contributed by atoms with Crippen LogP contribution in [0, 0.1) is 0 Å². The number of anilines is 2. The van der Waals surface area contributed by atoms with Crippen LogP contribution < -0.4 is 10.2 Å². The van der Waals surface area contributed by atoms with Crippen LogP contribution in [-0.2, 0) is 6.54 Å². The zero-order chi connectivity index (χ0) is 14.4. The van der Waals surface area contributed by atoms with Crippen molar-refractivity contribution in [3.63, 3.8) is 0 Å². The van der Waals surface area contributed by atoms with Crippen LogP contribution in [0.5, 0.6) is 0 Å². The summed E-state index contributed by atoms with van der Waals surface area (Å²) in [5.74, 6) is 0. The van der Waals surface area contributed by atoms with Gasteiger partial charge in [0.1, 0.15) is 0 Å². The van der Waals surface area contributed by atoms with E-state index < -0.39 is 0 Å². The lowest BCUT2D eigenvalue weighted by Gasteiger charge is -2.21. The van der Waals surface area contributed by atoms with Crippen molar-refractivity contribution in [2.75, 3.05) is 23.3 Å². The van der Waals surface area contributed by atoms with Crippen molar-refractivity contribution >= 4 is 23.0 Å². The Morgan fingerprint density at radius 1 is 1.00 bits per heavy atom. The molecular weight excluding hydrogens is 268 g/mol. The first-order valence-corrected chi connectivity index (χ1v) is 7.44. The van der Waals surface area contributed by atoms with E-state index >= 15 is 0 Å². The Morgan fingerprint density at radius 2 is 1.70 bits per heavy atom. The summed E-state index contributed by atoms with van der Waals surface area (Å²) >= 11 is 5.97. The standard InChI is InChI=1S/C17H21ClN2/c1-3-20(4-2)17-10-8-14(9-11-17)13-19-16-7-5-6-15(18)12-16/h5-12,19H,3-4,13H2,1-2H3. The summed E-state index contributed by atoms with van der Waals surface area (Å²) in [6.45, 7) is 7.24. The Hall–Kier alpha value is -1.67. The van der Waals surface area contributed by atoms with Gasteiger partial charge in [0.05, 0.1) is 0 Å². The Labute approximate surface area is 126 Å². The molecule has 3 heteroatoms. The highest BCUT2D eigenvalue weighted by Gasteiger charge is 2.01. The molecule has 0 unspecified atom stereocenters. The smallest absolute Gasteiger partial charge is 0.0426 e. The SMILES string of the molecule is CCN(CC)c1ccc(CNc2cccc(Cl)c2)cc1. The monoisotopic (exact) mass is 288 g/mol. The maximum absolute atomic E-state index is 5.97. The summed E-state index contributed by atoms with van der Waals surface area (Å²) in [6.07, 6.45) is 0. The van der Waals surface area contributed by atoms with Crippen molar-refractivity contribution in [1.29, 1.82) is 0 Å². The minimum Gasteiger partial charge on any atom is -0.381 e. The fourth-order valence-corrected chi connectivity index (χ4v) is 2.41. The normalized spacial score (nSPS) is 10.3. The molecule has 0 radical (unpaired) electrons. The molecule has 2 rings (SSSR count). The fourth-order valence-electron chi connectivity index (χ4n) is 2.22. The van der Waals surface area contributed by atoms with Gasteiger partial charge in [-0.1, -0.05) is 29.8 Å². The van der Waals surface area contributed by atoms with Crippen LogP contribution in [0.3, 0.4) is 0 Å². The van der Waals surface area contributed by atoms with Gasteiger partial charge in [-0.15, -0.1) is 0 Å². The van der Waals surface area contributed by atoms with Crippen molar-refractivity contribution in [3.05, 3.63) is 59.1 Å². The molecule has 0 aliphatic carbocycles. The zero-order valence-corrected chi connectivity index (χ0v) is 12.8. The number of nitrogens with zero attached hydrogens (tertiary/aromatic N) is 1. The van der Waals surface area contributed by atoms with Gasteiger partial charge >= 0.3 is 0 Å². The van der Waals surface area contributed by atoms with Gasteiger partial charge in [0.25, 0.3) is 0 Å². The largest absolute Gasteiger partial charge is 0.381 e. The second kappa shape index (κ2) is 7.20. The van der Waals surface area contributed by atoms with Crippen LogP contribution in [0.15, 0.2) is 48.5 Å². The Balaban J connectivity index is 1.97.